The Labute approximate surface area is 130 Å². The summed E-state index contributed by atoms with van der Waals surface area (Å²) < 4.78 is 1.36. The number of rotatable bonds is 4. The molecule has 0 unspecified atom stereocenters. The van der Waals surface area contributed by atoms with Gasteiger partial charge in [0.05, 0.1) is 11.9 Å². The number of pyridine rings is 1. The van der Waals surface area contributed by atoms with E-state index in [1.165, 1.54) is 16.9 Å². The zero-order valence-electron chi connectivity index (χ0n) is 12.6. The summed E-state index contributed by atoms with van der Waals surface area (Å²) in [5.41, 5.74) is 6.79. The molecule has 3 heterocycles. The summed E-state index contributed by atoms with van der Waals surface area (Å²) >= 11 is 0. The fourth-order valence-corrected chi connectivity index (χ4v) is 2.17. The molecule has 9 heteroatoms. The molecule has 0 aliphatic carbocycles. The van der Waals surface area contributed by atoms with Gasteiger partial charge in [-0.2, -0.15) is 0 Å². The molecule has 0 aliphatic rings. The number of primary amides is 1. The molecule has 0 atom stereocenters. The number of hydrogen-bond acceptors (Lipinski definition) is 6. The number of fused-ring (bicyclic) bond motifs is 1. The lowest BCUT2D eigenvalue weighted by atomic mass is 10.3. The second-order valence-corrected chi connectivity index (χ2v) is 5.09. The number of hydrogen-bond donors (Lipinski definition) is 3. The van der Waals surface area contributed by atoms with Gasteiger partial charge in [0.1, 0.15) is 11.4 Å². The highest BCUT2D eigenvalue weighted by atomic mass is 16.1. The van der Waals surface area contributed by atoms with Gasteiger partial charge in [-0.25, -0.2) is 9.50 Å². The first-order valence-corrected chi connectivity index (χ1v) is 6.78. The first-order chi connectivity index (χ1) is 11.0. The van der Waals surface area contributed by atoms with Crippen molar-refractivity contribution in [1.29, 1.82) is 0 Å². The van der Waals surface area contributed by atoms with Gasteiger partial charge in [-0.05, 0) is 12.1 Å². The smallest absolute Gasteiger partial charge is 0.271 e. The van der Waals surface area contributed by atoms with Crippen LogP contribution in [0.15, 0.2) is 35.4 Å². The van der Waals surface area contributed by atoms with Gasteiger partial charge in [0.15, 0.2) is 11.5 Å². The molecule has 0 radical (unpaired) electrons. The van der Waals surface area contributed by atoms with Crippen molar-refractivity contribution in [3.05, 3.63) is 46.6 Å². The Balaban J connectivity index is 2.17. The molecule has 0 aliphatic heterocycles. The molecule has 118 valence electrons. The van der Waals surface area contributed by atoms with Crippen LogP contribution < -0.4 is 21.5 Å². The lowest BCUT2D eigenvalue weighted by Gasteiger charge is -2.15. The molecule has 3 aromatic rings. The van der Waals surface area contributed by atoms with E-state index >= 15 is 0 Å². The molecule has 4 N–H and O–H groups in total. The van der Waals surface area contributed by atoms with Gasteiger partial charge >= 0.3 is 0 Å². The van der Waals surface area contributed by atoms with E-state index in [2.05, 4.69) is 20.4 Å². The number of imidazole rings is 1. The van der Waals surface area contributed by atoms with Crippen molar-refractivity contribution in [2.24, 2.45) is 5.73 Å². The molecule has 3 aromatic heterocycles. The molecule has 0 saturated heterocycles. The number of H-pyrrole nitrogens is 1. The third-order valence-electron chi connectivity index (χ3n) is 3.26. The molecule has 0 spiro atoms. The van der Waals surface area contributed by atoms with Crippen LogP contribution >= 0.6 is 0 Å². The average molecular weight is 313 g/mol. The zero-order chi connectivity index (χ0) is 16.6. The Morgan fingerprint density at radius 1 is 1.43 bits per heavy atom. The molecular weight excluding hydrogens is 298 g/mol. The van der Waals surface area contributed by atoms with Crippen molar-refractivity contribution in [1.82, 2.24) is 19.6 Å². The third kappa shape index (κ3) is 2.59. The standard InChI is InChI=1S/C14H15N7O2/c1-20(2)9-6-11(18-8-4-3-5-16-14(8)23)19-21-10(12(15)22)7-17-13(9)21/h3-7H,1-2H3,(H2,15,22)(H,16,23)(H,18,19). The van der Waals surface area contributed by atoms with E-state index in [0.717, 1.165) is 5.69 Å². The van der Waals surface area contributed by atoms with E-state index in [4.69, 9.17) is 5.73 Å². The minimum Gasteiger partial charge on any atom is -0.375 e. The highest BCUT2D eigenvalue weighted by Crippen LogP contribution is 2.23. The Bertz CT molecular complexity index is 942. The number of nitrogens with one attached hydrogen (secondary N) is 2. The van der Waals surface area contributed by atoms with E-state index in [9.17, 15) is 9.59 Å². The molecule has 23 heavy (non-hydrogen) atoms. The third-order valence-corrected chi connectivity index (χ3v) is 3.26. The summed E-state index contributed by atoms with van der Waals surface area (Å²) in [6.07, 6.45) is 2.91. The molecule has 0 bridgehead atoms. The van der Waals surface area contributed by atoms with Crippen LogP contribution in [0.5, 0.6) is 0 Å². The maximum Gasteiger partial charge on any atom is 0.271 e. The van der Waals surface area contributed by atoms with Crippen LogP contribution in [-0.2, 0) is 0 Å². The van der Waals surface area contributed by atoms with Gasteiger partial charge in [-0.15, -0.1) is 5.10 Å². The SMILES string of the molecule is CN(C)c1cc(Nc2ccc[nH]c2=O)nn2c(C(N)=O)cnc12. The lowest BCUT2D eigenvalue weighted by molar-refractivity contribution is 0.0993. The number of carbonyl (C=O) groups excluding carboxylic acids is 1. The van der Waals surface area contributed by atoms with Crippen molar-refractivity contribution < 1.29 is 4.79 Å². The van der Waals surface area contributed by atoms with Crippen molar-refractivity contribution in [3.63, 3.8) is 0 Å². The summed E-state index contributed by atoms with van der Waals surface area (Å²) in [6.45, 7) is 0. The summed E-state index contributed by atoms with van der Waals surface area (Å²) in [4.78, 5) is 31.9. The van der Waals surface area contributed by atoms with Crippen molar-refractivity contribution in [2.45, 2.75) is 0 Å². The van der Waals surface area contributed by atoms with E-state index in [1.807, 2.05) is 19.0 Å². The number of aromatic nitrogens is 4. The predicted octanol–water partition coefficient (Wildman–Crippen LogP) is 0.326. The quantitative estimate of drug-likeness (QED) is 0.638. The normalized spacial score (nSPS) is 10.7. The van der Waals surface area contributed by atoms with Gasteiger partial charge in [0, 0.05) is 26.4 Å². The van der Waals surface area contributed by atoms with Crippen LogP contribution in [0.1, 0.15) is 10.5 Å². The van der Waals surface area contributed by atoms with Crippen molar-refractivity contribution in [3.8, 4) is 0 Å². The average Bonchev–Trinajstić information content (AvgIpc) is 2.92. The van der Waals surface area contributed by atoms with Crippen LogP contribution in [0, 0.1) is 0 Å². The minimum atomic E-state index is -0.635. The fourth-order valence-electron chi connectivity index (χ4n) is 2.17. The van der Waals surface area contributed by atoms with Crippen LogP contribution in [0.2, 0.25) is 0 Å². The van der Waals surface area contributed by atoms with Crippen molar-refractivity contribution in [2.75, 3.05) is 24.3 Å². The Hall–Kier alpha value is -3.36. The Morgan fingerprint density at radius 3 is 2.87 bits per heavy atom. The van der Waals surface area contributed by atoms with Crippen LogP contribution in [0.3, 0.4) is 0 Å². The van der Waals surface area contributed by atoms with Gasteiger partial charge in [0.2, 0.25) is 0 Å². The summed E-state index contributed by atoms with van der Waals surface area (Å²) in [6, 6.07) is 5.06. The first-order valence-electron chi connectivity index (χ1n) is 6.78. The number of aromatic amines is 1. The van der Waals surface area contributed by atoms with E-state index in [0.29, 0.717) is 17.2 Å². The summed E-state index contributed by atoms with van der Waals surface area (Å²) in [5.74, 6) is -0.247. The monoisotopic (exact) mass is 313 g/mol. The van der Waals surface area contributed by atoms with E-state index in [1.54, 1.807) is 18.2 Å². The summed E-state index contributed by atoms with van der Waals surface area (Å²) in [5, 5.41) is 7.23. The molecule has 0 fully saturated rings. The maximum absolute atomic E-state index is 11.8. The highest BCUT2D eigenvalue weighted by Gasteiger charge is 2.16. The number of carbonyl (C=O) groups is 1. The molecule has 0 aromatic carbocycles. The summed E-state index contributed by atoms with van der Waals surface area (Å²) in [7, 11) is 3.68. The fraction of sp³-hybridized carbons (Fsp3) is 0.143. The van der Waals surface area contributed by atoms with Gasteiger partial charge in [-0.1, -0.05) is 0 Å². The minimum absolute atomic E-state index is 0.161. The molecule has 3 rings (SSSR count). The van der Waals surface area contributed by atoms with Gasteiger partial charge in [0.25, 0.3) is 11.5 Å². The van der Waals surface area contributed by atoms with Gasteiger partial charge < -0.3 is 20.9 Å². The Morgan fingerprint density at radius 2 is 2.22 bits per heavy atom. The second kappa shape index (κ2) is 5.44. The topological polar surface area (TPSA) is 121 Å². The van der Waals surface area contributed by atoms with Crippen LogP contribution in [0.4, 0.5) is 17.2 Å². The number of anilines is 3. The predicted molar refractivity (Wildman–Crippen MR) is 86.2 cm³/mol. The van der Waals surface area contributed by atoms with E-state index in [-0.39, 0.29) is 11.3 Å². The number of nitrogens with two attached hydrogens (primary N) is 1. The molecule has 9 nitrogen and oxygen atoms in total. The van der Waals surface area contributed by atoms with Crippen molar-refractivity contribution >= 4 is 28.7 Å². The Kier molecular flexibility index (Phi) is 3.45. The largest absolute Gasteiger partial charge is 0.375 e. The lowest BCUT2D eigenvalue weighted by Crippen LogP contribution is -2.18. The second-order valence-electron chi connectivity index (χ2n) is 5.09. The zero-order valence-corrected chi connectivity index (χ0v) is 12.6. The molecular formula is C14H15N7O2. The highest BCUT2D eigenvalue weighted by molar-refractivity contribution is 5.92. The maximum atomic E-state index is 11.8. The molecule has 0 saturated carbocycles. The van der Waals surface area contributed by atoms with Crippen LogP contribution in [-0.4, -0.2) is 39.6 Å². The number of amides is 1. The van der Waals surface area contributed by atoms with Crippen LogP contribution in [0.25, 0.3) is 5.65 Å². The molecule has 1 amide bonds. The number of nitrogens with zero attached hydrogens (tertiary/aromatic N) is 4. The first kappa shape index (κ1) is 14.6. The van der Waals surface area contributed by atoms with Gasteiger partial charge in [-0.3, -0.25) is 9.59 Å². The van der Waals surface area contributed by atoms with E-state index < -0.39 is 5.91 Å².